The van der Waals surface area contributed by atoms with Gasteiger partial charge >= 0.3 is 0 Å². The molecule has 0 fully saturated rings. The molecule has 1 unspecified atom stereocenters. The van der Waals surface area contributed by atoms with Crippen LogP contribution in [0.2, 0.25) is 0 Å². The number of benzene rings is 1. The van der Waals surface area contributed by atoms with E-state index in [4.69, 9.17) is 5.26 Å². The molecular weight excluding hydrogens is 390 g/mol. The van der Waals surface area contributed by atoms with Gasteiger partial charge in [-0.1, -0.05) is 18.2 Å². The van der Waals surface area contributed by atoms with Gasteiger partial charge in [0.25, 0.3) is 0 Å². The zero-order valence-corrected chi connectivity index (χ0v) is 15.9. The Kier molecular flexibility index (Phi) is 5.42. The Morgan fingerprint density at radius 2 is 2.35 bits per heavy atom. The molecule has 0 saturated heterocycles. The molecule has 3 nitrogen and oxygen atoms in total. The smallest absolute Gasteiger partial charge is 0.159 e. The summed E-state index contributed by atoms with van der Waals surface area (Å²) in [5.74, 6) is 1.20. The van der Waals surface area contributed by atoms with E-state index < -0.39 is 0 Å². The lowest BCUT2D eigenvalue weighted by molar-refractivity contribution is 0.749. The molecule has 1 aromatic carbocycles. The normalized spacial score (nSPS) is 12.4. The second-order valence-electron chi connectivity index (χ2n) is 5.28. The molecule has 0 saturated carbocycles. The van der Waals surface area contributed by atoms with Gasteiger partial charge in [0, 0.05) is 46.3 Å². The molecular formula is C17H16BrN3S2. The number of para-hydroxylation sites is 1. The minimum Gasteiger partial charge on any atom is -0.361 e. The van der Waals surface area contributed by atoms with E-state index in [0.29, 0.717) is 6.42 Å². The maximum Gasteiger partial charge on any atom is 0.159 e. The predicted octanol–water partition coefficient (Wildman–Crippen LogP) is 5.69. The molecule has 0 bridgehead atoms. The fourth-order valence-corrected chi connectivity index (χ4v) is 4.90. The van der Waals surface area contributed by atoms with Crippen molar-refractivity contribution in [3.05, 3.63) is 50.5 Å². The van der Waals surface area contributed by atoms with Crippen LogP contribution in [-0.2, 0) is 5.75 Å². The summed E-state index contributed by atoms with van der Waals surface area (Å²) in [4.78, 5) is 8.97. The first kappa shape index (κ1) is 16.6. The molecule has 2 heterocycles. The lowest BCUT2D eigenvalue weighted by Gasteiger charge is -2.13. The monoisotopic (exact) mass is 405 g/mol. The minimum atomic E-state index is 0.205. The quantitative estimate of drug-likeness (QED) is 0.573. The summed E-state index contributed by atoms with van der Waals surface area (Å²) >= 11 is 6.91. The maximum atomic E-state index is 9.01. The van der Waals surface area contributed by atoms with Crippen molar-refractivity contribution in [3.8, 4) is 6.07 Å². The number of fused-ring (bicyclic) bond motifs is 1. The summed E-state index contributed by atoms with van der Waals surface area (Å²) in [5, 5.41) is 10.3. The fraction of sp³-hybridized carbons (Fsp3) is 0.294. The van der Waals surface area contributed by atoms with Crippen LogP contribution in [0.3, 0.4) is 0 Å². The van der Waals surface area contributed by atoms with Crippen molar-refractivity contribution < 1.29 is 0 Å². The number of H-pyrrole nitrogens is 1. The highest BCUT2D eigenvalue weighted by atomic mass is 79.9. The van der Waals surface area contributed by atoms with Crippen molar-refractivity contribution >= 4 is 49.9 Å². The Labute approximate surface area is 152 Å². The van der Waals surface area contributed by atoms with Crippen LogP contribution in [0.1, 0.15) is 34.8 Å². The number of aromatic nitrogens is 2. The molecule has 118 valence electrons. The van der Waals surface area contributed by atoms with Gasteiger partial charge in [-0.2, -0.15) is 17.0 Å². The minimum absolute atomic E-state index is 0.205. The number of thiazole rings is 1. The summed E-state index contributed by atoms with van der Waals surface area (Å²) in [6.07, 6.45) is 7.49. The van der Waals surface area contributed by atoms with E-state index in [1.807, 2.05) is 18.0 Å². The van der Waals surface area contributed by atoms with Gasteiger partial charge in [-0.25, -0.2) is 4.98 Å². The van der Waals surface area contributed by atoms with E-state index in [-0.39, 0.29) is 5.92 Å². The van der Waals surface area contributed by atoms with E-state index >= 15 is 0 Å². The number of nitrogens with one attached hydrogen (secondary N) is 1. The second kappa shape index (κ2) is 7.52. The van der Waals surface area contributed by atoms with Crippen molar-refractivity contribution in [2.45, 2.75) is 24.5 Å². The highest BCUT2D eigenvalue weighted by molar-refractivity contribution is 9.11. The Bertz CT molecular complexity index is 847. The molecule has 3 rings (SSSR count). The molecule has 3 aromatic rings. The maximum absolute atomic E-state index is 9.01. The molecule has 0 radical (unpaired) electrons. The van der Waals surface area contributed by atoms with Crippen LogP contribution in [0.15, 0.2) is 34.5 Å². The van der Waals surface area contributed by atoms with Crippen LogP contribution >= 0.6 is 39.0 Å². The van der Waals surface area contributed by atoms with E-state index in [2.05, 4.69) is 62.6 Å². The van der Waals surface area contributed by atoms with Gasteiger partial charge in [-0.3, -0.25) is 0 Å². The third-order valence-corrected chi connectivity index (χ3v) is 6.08. The van der Waals surface area contributed by atoms with Crippen LogP contribution < -0.4 is 0 Å². The fourth-order valence-electron chi connectivity index (χ4n) is 2.89. The predicted molar refractivity (Wildman–Crippen MR) is 102 cm³/mol. The van der Waals surface area contributed by atoms with Crippen molar-refractivity contribution in [1.82, 2.24) is 9.97 Å². The average molecular weight is 406 g/mol. The number of thioether (sulfide) groups is 1. The van der Waals surface area contributed by atoms with E-state index in [1.54, 1.807) is 11.3 Å². The van der Waals surface area contributed by atoms with Gasteiger partial charge in [-0.05, 0) is 39.7 Å². The zero-order chi connectivity index (χ0) is 16.2. The molecule has 2 aromatic heterocycles. The first-order chi connectivity index (χ1) is 11.2. The standard InChI is InChI=1S/C17H16BrN3S2/c1-22-10-11-4-2-5-13-14(8-20-16(11)13)12(6-3-7-19)15-9-21-17(18)23-15/h2,4-5,8-9,12,20H,3,6,10H2,1H3. The van der Waals surface area contributed by atoms with Crippen LogP contribution in [0.5, 0.6) is 0 Å². The zero-order valence-electron chi connectivity index (χ0n) is 12.7. The number of nitriles is 1. The number of halogens is 1. The van der Waals surface area contributed by atoms with Gasteiger partial charge in [-0.15, -0.1) is 11.3 Å². The highest BCUT2D eigenvalue weighted by Gasteiger charge is 2.21. The Morgan fingerprint density at radius 1 is 1.48 bits per heavy atom. The number of aromatic amines is 1. The molecule has 6 heteroatoms. The number of nitrogens with zero attached hydrogens (tertiary/aromatic N) is 2. The van der Waals surface area contributed by atoms with E-state index in [0.717, 1.165) is 16.1 Å². The topological polar surface area (TPSA) is 52.5 Å². The Hall–Kier alpha value is -1.29. The average Bonchev–Trinajstić information content (AvgIpc) is 3.16. The van der Waals surface area contributed by atoms with Crippen molar-refractivity contribution in [2.75, 3.05) is 6.26 Å². The van der Waals surface area contributed by atoms with Gasteiger partial charge in [0.15, 0.2) is 3.92 Å². The van der Waals surface area contributed by atoms with E-state index in [1.165, 1.54) is 26.9 Å². The Balaban J connectivity index is 2.07. The number of hydrogen-bond acceptors (Lipinski definition) is 4. The first-order valence-corrected chi connectivity index (χ1v) is 10.3. The first-order valence-electron chi connectivity index (χ1n) is 7.30. The highest BCUT2D eigenvalue weighted by Crippen LogP contribution is 2.38. The SMILES string of the molecule is CSCc1cccc2c(C(CCC#N)c3cnc(Br)s3)c[nH]c12. The number of rotatable bonds is 6. The summed E-state index contributed by atoms with van der Waals surface area (Å²) < 4.78 is 0.886. The lowest BCUT2D eigenvalue weighted by Crippen LogP contribution is -1.98. The molecule has 0 aliphatic rings. The van der Waals surface area contributed by atoms with Crippen molar-refractivity contribution in [2.24, 2.45) is 0 Å². The summed E-state index contributed by atoms with van der Waals surface area (Å²) in [7, 11) is 0. The van der Waals surface area contributed by atoms with Crippen LogP contribution in [-0.4, -0.2) is 16.2 Å². The van der Waals surface area contributed by atoms with Gasteiger partial charge in [0.1, 0.15) is 0 Å². The van der Waals surface area contributed by atoms with Crippen LogP contribution in [0.4, 0.5) is 0 Å². The summed E-state index contributed by atoms with van der Waals surface area (Å²) in [6, 6.07) is 8.74. The van der Waals surface area contributed by atoms with Gasteiger partial charge < -0.3 is 4.98 Å². The third kappa shape index (κ3) is 3.47. The lowest BCUT2D eigenvalue weighted by atomic mass is 9.92. The van der Waals surface area contributed by atoms with Crippen LogP contribution in [0.25, 0.3) is 10.9 Å². The molecule has 23 heavy (non-hydrogen) atoms. The Morgan fingerprint density at radius 3 is 3.04 bits per heavy atom. The molecule has 1 atom stereocenters. The summed E-state index contributed by atoms with van der Waals surface area (Å²) in [5.41, 5.74) is 3.79. The largest absolute Gasteiger partial charge is 0.361 e. The molecule has 1 N–H and O–H groups in total. The summed E-state index contributed by atoms with van der Waals surface area (Å²) in [6.45, 7) is 0. The second-order valence-corrected chi connectivity index (χ2v) is 8.49. The van der Waals surface area contributed by atoms with Crippen molar-refractivity contribution in [1.29, 1.82) is 5.26 Å². The number of hydrogen-bond donors (Lipinski definition) is 1. The molecule has 0 aliphatic heterocycles. The van der Waals surface area contributed by atoms with E-state index in [9.17, 15) is 0 Å². The molecule has 0 amide bonds. The van der Waals surface area contributed by atoms with Gasteiger partial charge in [0.05, 0.1) is 6.07 Å². The molecule has 0 spiro atoms. The third-order valence-electron chi connectivity index (χ3n) is 3.89. The van der Waals surface area contributed by atoms with Crippen molar-refractivity contribution in [3.63, 3.8) is 0 Å². The van der Waals surface area contributed by atoms with Gasteiger partial charge in [0.2, 0.25) is 0 Å². The van der Waals surface area contributed by atoms with Crippen LogP contribution in [0, 0.1) is 11.3 Å². The molecule has 0 aliphatic carbocycles.